The number of nitrogens with one attached hydrogen (secondary N) is 2. The second kappa shape index (κ2) is 11.2. The standard InChI is InChI=1S/C25H29N7.HI/c1-28-24(30-18-25(14-15-25)19-9-4-2-5-10-19)29-16-8-13-22-21(17-26)23(27)32(31-22)20-11-6-3-7-12-20;/h2-7,9-12H,8,13-16,18,27H2,1H3,(H2,28,29,30);1H. The molecule has 0 bridgehead atoms. The molecule has 0 atom stereocenters. The first-order valence-electron chi connectivity index (χ1n) is 11.0. The summed E-state index contributed by atoms with van der Waals surface area (Å²) in [4.78, 5) is 4.35. The van der Waals surface area contributed by atoms with E-state index in [-0.39, 0.29) is 29.4 Å². The number of para-hydroxylation sites is 1. The number of nitriles is 1. The summed E-state index contributed by atoms with van der Waals surface area (Å²) in [7, 11) is 1.79. The van der Waals surface area contributed by atoms with Gasteiger partial charge in [-0.1, -0.05) is 48.5 Å². The zero-order valence-electron chi connectivity index (χ0n) is 18.8. The third-order valence-electron chi connectivity index (χ3n) is 6.05. The summed E-state index contributed by atoms with van der Waals surface area (Å²) in [5.74, 6) is 1.18. The molecule has 1 heterocycles. The van der Waals surface area contributed by atoms with Crippen LogP contribution in [-0.4, -0.2) is 35.9 Å². The fraction of sp³-hybridized carbons (Fsp3) is 0.320. The summed E-state index contributed by atoms with van der Waals surface area (Å²) in [5.41, 5.74) is 9.83. The Bertz CT molecular complexity index is 1110. The van der Waals surface area contributed by atoms with Crippen LogP contribution in [0.3, 0.4) is 0 Å². The van der Waals surface area contributed by atoms with Crippen LogP contribution in [0.1, 0.15) is 36.1 Å². The maximum atomic E-state index is 9.56. The van der Waals surface area contributed by atoms with E-state index < -0.39 is 0 Å². The molecule has 4 N–H and O–H groups in total. The minimum atomic E-state index is 0. The molecule has 0 amide bonds. The van der Waals surface area contributed by atoms with E-state index in [9.17, 15) is 5.26 Å². The van der Waals surface area contributed by atoms with Crippen molar-refractivity contribution < 1.29 is 0 Å². The summed E-state index contributed by atoms with van der Waals surface area (Å²) in [6.45, 7) is 1.59. The molecule has 0 unspecified atom stereocenters. The van der Waals surface area contributed by atoms with Crippen LogP contribution in [0.15, 0.2) is 65.7 Å². The van der Waals surface area contributed by atoms with Crippen LogP contribution in [-0.2, 0) is 11.8 Å². The Morgan fingerprint density at radius 1 is 1.12 bits per heavy atom. The number of nitrogen functional groups attached to an aromatic ring is 1. The molecule has 0 aliphatic heterocycles. The van der Waals surface area contributed by atoms with Gasteiger partial charge in [-0.05, 0) is 43.4 Å². The Kier molecular flexibility index (Phi) is 8.33. The Balaban J connectivity index is 0.00000306. The van der Waals surface area contributed by atoms with Crippen molar-refractivity contribution in [2.24, 2.45) is 4.99 Å². The largest absolute Gasteiger partial charge is 0.382 e. The van der Waals surface area contributed by atoms with Gasteiger partial charge in [0.15, 0.2) is 5.96 Å². The lowest BCUT2D eigenvalue weighted by atomic mass is 9.96. The van der Waals surface area contributed by atoms with Gasteiger partial charge in [-0.15, -0.1) is 24.0 Å². The number of hydrogen-bond donors (Lipinski definition) is 3. The average Bonchev–Trinajstić information content (AvgIpc) is 3.57. The van der Waals surface area contributed by atoms with Crippen molar-refractivity contribution in [3.05, 3.63) is 77.5 Å². The molecule has 1 saturated carbocycles. The molecule has 1 fully saturated rings. The van der Waals surface area contributed by atoms with Gasteiger partial charge in [-0.3, -0.25) is 4.99 Å². The van der Waals surface area contributed by atoms with Crippen molar-refractivity contribution in [3.63, 3.8) is 0 Å². The fourth-order valence-corrected chi connectivity index (χ4v) is 3.99. The van der Waals surface area contributed by atoms with E-state index in [1.807, 2.05) is 30.3 Å². The Morgan fingerprint density at radius 2 is 1.79 bits per heavy atom. The lowest BCUT2D eigenvalue weighted by Gasteiger charge is -2.19. The number of halogens is 1. The van der Waals surface area contributed by atoms with Crippen molar-refractivity contribution >= 4 is 35.8 Å². The van der Waals surface area contributed by atoms with Gasteiger partial charge in [0.2, 0.25) is 0 Å². The second-order valence-corrected chi connectivity index (χ2v) is 8.17. The van der Waals surface area contributed by atoms with Crippen LogP contribution < -0.4 is 16.4 Å². The van der Waals surface area contributed by atoms with E-state index in [1.54, 1.807) is 11.7 Å². The molecule has 3 aromatic rings. The molecular formula is C25H30IN7. The molecule has 0 saturated heterocycles. The van der Waals surface area contributed by atoms with Crippen molar-refractivity contribution in [1.29, 1.82) is 5.26 Å². The van der Waals surface area contributed by atoms with Gasteiger partial charge in [0.05, 0.1) is 11.4 Å². The maximum absolute atomic E-state index is 9.56. The topological polar surface area (TPSA) is 104 Å². The molecule has 8 heteroatoms. The highest BCUT2D eigenvalue weighted by atomic mass is 127. The monoisotopic (exact) mass is 555 g/mol. The van der Waals surface area contributed by atoms with Gasteiger partial charge in [-0.25, -0.2) is 4.68 Å². The van der Waals surface area contributed by atoms with Crippen molar-refractivity contribution in [2.75, 3.05) is 25.9 Å². The zero-order chi connectivity index (χ0) is 22.4. The minimum Gasteiger partial charge on any atom is -0.382 e. The van der Waals surface area contributed by atoms with E-state index in [0.717, 1.165) is 36.9 Å². The quantitative estimate of drug-likeness (QED) is 0.170. The number of rotatable bonds is 8. The first kappa shape index (κ1) is 24.6. The van der Waals surface area contributed by atoms with Crippen LogP contribution in [0.2, 0.25) is 0 Å². The number of nitrogens with two attached hydrogens (primary N) is 1. The molecule has 33 heavy (non-hydrogen) atoms. The third kappa shape index (κ3) is 5.66. The number of hydrogen-bond acceptors (Lipinski definition) is 4. The summed E-state index contributed by atoms with van der Waals surface area (Å²) >= 11 is 0. The first-order chi connectivity index (χ1) is 15.7. The Morgan fingerprint density at radius 3 is 2.39 bits per heavy atom. The number of nitrogens with zero attached hydrogens (tertiary/aromatic N) is 4. The van der Waals surface area contributed by atoms with E-state index in [4.69, 9.17) is 5.73 Å². The number of anilines is 1. The van der Waals surface area contributed by atoms with Gasteiger partial charge < -0.3 is 16.4 Å². The van der Waals surface area contributed by atoms with Crippen LogP contribution in [0.4, 0.5) is 5.82 Å². The van der Waals surface area contributed by atoms with Gasteiger partial charge in [0, 0.05) is 25.6 Å². The maximum Gasteiger partial charge on any atom is 0.191 e. The minimum absolute atomic E-state index is 0. The number of aliphatic imine (C=N–C) groups is 1. The predicted octanol–water partition coefficient (Wildman–Crippen LogP) is 3.77. The molecular weight excluding hydrogens is 525 g/mol. The van der Waals surface area contributed by atoms with E-state index in [2.05, 4.69) is 57.1 Å². The zero-order valence-corrected chi connectivity index (χ0v) is 21.1. The molecule has 1 aliphatic carbocycles. The number of aromatic nitrogens is 2. The second-order valence-electron chi connectivity index (χ2n) is 8.17. The predicted molar refractivity (Wildman–Crippen MR) is 143 cm³/mol. The van der Waals surface area contributed by atoms with Crippen molar-refractivity contribution in [2.45, 2.75) is 31.1 Å². The molecule has 1 aromatic heterocycles. The molecule has 0 radical (unpaired) electrons. The average molecular weight is 555 g/mol. The lowest BCUT2D eigenvalue weighted by molar-refractivity contribution is 0.641. The smallest absolute Gasteiger partial charge is 0.191 e. The number of benzene rings is 2. The molecule has 1 aliphatic rings. The Labute approximate surface area is 212 Å². The normalized spacial score (nSPS) is 14.1. The molecule has 7 nitrogen and oxygen atoms in total. The third-order valence-corrected chi connectivity index (χ3v) is 6.05. The molecule has 0 spiro atoms. The fourth-order valence-electron chi connectivity index (χ4n) is 3.99. The lowest BCUT2D eigenvalue weighted by Crippen LogP contribution is -2.41. The Hall–Kier alpha value is -3.06. The highest BCUT2D eigenvalue weighted by molar-refractivity contribution is 14.0. The van der Waals surface area contributed by atoms with Crippen molar-refractivity contribution in [1.82, 2.24) is 20.4 Å². The SMILES string of the molecule is CN=C(NCCCc1nn(-c2ccccc2)c(N)c1C#N)NCC1(c2ccccc2)CC1.I. The first-order valence-corrected chi connectivity index (χ1v) is 11.0. The molecule has 4 rings (SSSR count). The van der Waals surface area contributed by atoms with Gasteiger partial charge >= 0.3 is 0 Å². The number of aryl methyl sites for hydroxylation is 1. The van der Waals surface area contributed by atoms with Crippen LogP contribution in [0.5, 0.6) is 0 Å². The van der Waals surface area contributed by atoms with Crippen LogP contribution in [0.25, 0.3) is 5.69 Å². The summed E-state index contributed by atoms with van der Waals surface area (Å²) in [5, 5.41) is 21.0. The van der Waals surface area contributed by atoms with Crippen LogP contribution >= 0.6 is 24.0 Å². The number of guanidine groups is 1. The van der Waals surface area contributed by atoms with Gasteiger partial charge in [0.25, 0.3) is 0 Å². The van der Waals surface area contributed by atoms with E-state index in [1.165, 1.54) is 18.4 Å². The summed E-state index contributed by atoms with van der Waals surface area (Å²) in [6.07, 6.45) is 3.86. The van der Waals surface area contributed by atoms with Gasteiger partial charge in [-0.2, -0.15) is 10.4 Å². The van der Waals surface area contributed by atoms with E-state index in [0.29, 0.717) is 17.8 Å². The molecule has 2 aromatic carbocycles. The highest BCUT2D eigenvalue weighted by Crippen LogP contribution is 2.47. The van der Waals surface area contributed by atoms with Gasteiger partial charge in [0.1, 0.15) is 17.5 Å². The highest BCUT2D eigenvalue weighted by Gasteiger charge is 2.43. The summed E-state index contributed by atoms with van der Waals surface area (Å²) in [6, 6.07) is 22.5. The van der Waals surface area contributed by atoms with E-state index >= 15 is 0 Å². The van der Waals surface area contributed by atoms with Crippen LogP contribution in [0, 0.1) is 11.3 Å². The molecule has 172 valence electrons. The summed E-state index contributed by atoms with van der Waals surface area (Å²) < 4.78 is 1.64. The van der Waals surface area contributed by atoms with Crippen molar-refractivity contribution in [3.8, 4) is 11.8 Å².